The fourth-order valence-electron chi connectivity index (χ4n) is 3.14. The molecule has 0 saturated carbocycles. The van der Waals surface area contributed by atoms with E-state index in [0.717, 1.165) is 21.0 Å². The van der Waals surface area contributed by atoms with Crippen molar-refractivity contribution in [2.45, 2.75) is 4.90 Å². The van der Waals surface area contributed by atoms with Crippen molar-refractivity contribution in [2.24, 2.45) is 4.99 Å². The number of nitrogen functional groups attached to an aromatic ring is 1. The van der Waals surface area contributed by atoms with Crippen molar-refractivity contribution in [2.75, 3.05) is 22.6 Å². The first-order valence-electron chi connectivity index (χ1n) is 8.42. The normalized spacial score (nSPS) is 13.8. The summed E-state index contributed by atoms with van der Waals surface area (Å²) in [5.41, 5.74) is 14.8. The van der Waals surface area contributed by atoms with Crippen LogP contribution >= 0.6 is 34.6 Å². The molecule has 1 aromatic heterocycles. The number of rotatable bonds is 2. The van der Waals surface area contributed by atoms with E-state index in [1.165, 1.54) is 25.4 Å². The predicted octanol–water partition coefficient (Wildman–Crippen LogP) is 5.60. The molecular weight excluding hydrogens is 392 g/mol. The fourth-order valence-corrected chi connectivity index (χ4v) is 6.36. The molecule has 4 aromatic rings. The molecule has 1 aliphatic heterocycles. The van der Waals surface area contributed by atoms with E-state index in [0.29, 0.717) is 0 Å². The quantitative estimate of drug-likeness (QED) is 0.335. The highest BCUT2D eigenvalue weighted by Gasteiger charge is 2.24. The van der Waals surface area contributed by atoms with Gasteiger partial charge in [-0.05, 0) is 35.9 Å². The molecule has 0 spiro atoms. The second kappa shape index (κ2) is 6.60. The molecule has 27 heavy (non-hydrogen) atoms. The molecule has 134 valence electrons. The van der Waals surface area contributed by atoms with Crippen molar-refractivity contribution in [1.29, 1.82) is 0 Å². The van der Waals surface area contributed by atoms with Gasteiger partial charge in [0, 0.05) is 34.9 Å². The zero-order valence-electron chi connectivity index (χ0n) is 14.5. The number of nitrogens with two attached hydrogens (primary N) is 1. The Hall–Kier alpha value is -2.48. The zero-order chi connectivity index (χ0) is 18.4. The number of hydrogen-bond donors (Lipinski definition) is 2. The third-order valence-corrected chi connectivity index (χ3v) is 7.92. The minimum absolute atomic E-state index is 0.761. The predicted molar refractivity (Wildman–Crippen MR) is 119 cm³/mol. The number of nitrogens with zero attached hydrogens (tertiary/aromatic N) is 2. The molecule has 0 bridgehead atoms. The van der Waals surface area contributed by atoms with E-state index in [-0.39, 0.29) is 0 Å². The standard InChI is InChI=1S/C20H16N4S3/c1-22-20-25-17-10-8-15(18(19(17)26-20)12-5-3-2-4-6-12)24-23-14-11-13(21)7-9-16(14)27-24/h2-11,23H,21H2,1H3. The van der Waals surface area contributed by atoms with Crippen LogP contribution in [0.1, 0.15) is 0 Å². The highest BCUT2D eigenvalue weighted by molar-refractivity contribution is 8.01. The number of hydrogen-bond acceptors (Lipinski definition) is 7. The van der Waals surface area contributed by atoms with Crippen LogP contribution in [-0.2, 0) is 0 Å². The summed E-state index contributed by atoms with van der Waals surface area (Å²) in [7, 11) is 1.85. The minimum atomic E-state index is 0.761. The number of nitrogens with one attached hydrogen (secondary N) is 1. The SMILES string of the molecule is CN=c1sc2ccc(N3Nc4cc(N)ccc4S3)c(-c3ccccc3)c2s1. The summed E-state index contributed by atoms with van der Waals surface area (Å²) in [6, 6.07) is 20.9. The minimum Gasteiger partial charge on any atom is -0.399 e. The molecule has 0 radical (unpaired) electrons. The maximum absolute atomic E-state index is 5.95. The van der Waals surface area contributed by atoms with Gasteiger partial charge in [-0.2, -0.15) is 0 Å². The highest BCUT2D eigenvalue weighted by Crippen LogP contribution is 2.47. The van der Waals surface area contributed by atoms with Crippen molar-refractivity contribution in [3.8, 4) is 11.1 Å². The molecule has 3 N–H and O–H groups in total. The van der Waals surface area contributed by atoms with Gasteiger partial charge in [-0.1, -0.05) is 30.3 Å². The van der Waals surface area contributed by atoms with Crippen LogP contribution in [0.5, 0.6) is 0 Å². The zero-order valence-corrected chi connectivity index (χ0v) is 16.9. The van der Waals surface area contributed by atoms with E-state index in [1.54, 1.807) is 34.6 Å². The molecule has 4 nitrogen and oxygen atoms in total. The van der Waals surface area contributed by atoms with E-state index in [9.17, 15) is 0 Å². The molecule has 0 aliphatic carbocycles. The Bertz CT molecular complexity index is 1210. The van der Waals surface area contributed by atoms with Gasteiger partial charge in [0.1, 0.15) is 0 Å². The van der Waals surface area contributed by atoms with Crippen molar-refractivity contribution in [3.05, 3.63) is 64.6 Å². The largest absolute Gasteiger partial charge is 0.399 e. The van der Waals surface area contributed by atoms with Gasteiger partial charge in [-0.25, -0.2) is 4.41 Å². The third-order valence-electron chi connectivity index (χ3n) is 4.37. The number of benzene rings is 3. The fraction of sp³-hybridized carbons (Fsp3) is 0.0500. The second-order valence-electron chi connectivity index (χ2n) is 6.10. The average Bonchev–Trinajstić information content (AvgIpc) is 3.30. The molecule has 7 heteroatoms. The molecule has 0 unspecified atom stereocenters. The summed E-state index contributed by atoms with van der Waals surface area (Å²) in [6.45, 7) is 0. The topological polar surface area (TPSA) is 53.6 Å². The first-order valence-corrected chi connectivity index (χ1v) is 10.8. The van der Waals surface area contributed by atoms with Gasteiger partial charge in [-0.3, -0.25) is 10.4 Å². The maximum atomic E-state index is 5.95. The Morgan fingerprint density at radius 1 is 1.00 bits per heavy atom. The Morgan fingerprint density at radius 2 is 1.85 bits per heavy atom. The van der Waals surface area contributed by atoms with Crippen LogP contribution in [0.15, 0.2) is 70.6 Å². The lowest BCUT2D eigenvalue weighted by atomic mass is 10.0. The lowest BCUT2D eigenvalue weighted by Gasteiger charge is -2.21. The number of hydrazine groups is 1. The lowest BCUT2D eigenvalue weighted by Crippen LogP contribution is -2.17. The number of fused-ring (bicyclic) bond motifs is 2. The molecule has 0 fully saturated rings. The van der Waals surface area contributed by atoms with Gasteiger partial charge < -0.3 is 5.73 Å². The Balaban J connectivity index is 1.71. The van der Waals surface area contributed by atoms with Crippen LogP contribution in [0.4, 0.5) is 17.1 Å². The van der Waals surface area contributed by atoms with E-state index >= 15 is 0 Å². The summed E-state index contributed by atoms with van der Waals surface area (Å²) < 4.78 is 5.73. The molecule has 2 heterocycles. The highest BCUT2D eigenvalue weighted by atomic mass is 32.2. The molecule has 1 aliphatic rings. The van der Waals surface area contributed by atoms with E-state index in [4.69, 9.17) is 5.73 Å². The molecule has 0 atom stereocenters. The first kappa shape index (κ1) is 16.7. The van der Waals surface area contributed by atoms with Crippen molar-refractivity contribution in [1.82, 2.24) is 0 Å². The average molecular weight is 409 g/mol. The Kier molecular flexibility index (Phi) is 4.07. The van der Waals surface area contributed by atoms with E-state index in [2.05, 4.69) is 63.4 Å². The van der Waals surface area contributed by atoms with Crippen LogP contribution in [0.3, 0.4) is 0 Å². The smallest absolute Gasteiger partial charge is 0.166 e. The van der Waals surface area contributed by atoms with Gasteiger partial charge in [0.15, 0.2) is 3.98 Å². The van der Waals surface area contributed by atoms with E-state index < -0.39 is 0 Å². The molecule has 0 amide bonds. The van der Waals surface area contributed by atoms with Gasteiger partial charge in [-0.15, -0.1) is 22.7 Å². The van der Waals surface area contributed by atoms with Gasteiger partial charge in [0.05, 0.1) is 21.0 Å². The van der Waals surface area contributed by atoms with Crippen molar-refractivity contribution < 1.29 is 0 Å². The monoisotopic (exact) mass is 408 g/mol. The van der Waals surface area contributed by atoms with Crippen LogP contribution in [-0.4, -0.2) is 7.05 Å². The maximum Gasteiger partial charge on any atom is 0.166 e. The van der Waals surface area contributed by atoms with Crippen LogP contribution in [0.25, 0.3) is 20.5 Å². The summed E-state index contributed by atoms with van der Waals surface area (Å²) in [5, 5.41) is 0. The summed E-state index contributed by atoms with van der Waals surface area (Å²) in [4.78, 5) is 5.57. The van der Waals surface area contributed by atoms with Crippen LogP contribution in [0, 0.1) is 0 Å². The number of anilines is 3. The summed E-state index contributed by atoms with van der Waals surface area (Å²) >= 11 is 5.16. The summed E-state index contributed by atoms with van der Waals surface area (Å²) in [5.74, 6) is 0. The van der Waals surface area contributed by atoms with Gasteiger partial charge in [0.2, 0.25) is 0 Å². The van der Waals surface area contributed by atoms with Gasteiger partial charge >= 0.3 is 0 Å². The lowest BCUT2D eigenvalue weighted by molar-refractivity contribution is 1.31. The Morgan fingerprint density at radius 3 is 2.67 bits per heavy atom. The van der Waals surface area contributed by atoms with E-state index in [1.807, 2.05) is 19.2 Å². The molecule has 5 rings (SSSR count). The molecule has 3 aromatic carbocycles. The summed E-state index contributed by atoms with van der Waals surface area (Å²) in [6.07, 6.45) is 0. The van der Waals surface area contributed by atoms with Crippen molar-refractivity contribution >= 4 is 61.1 Å². The second-order valence-corrected chi connectivity index (χ2v) is 9.38. The Labute approximate surface area is 169 Å². The van der Waals surface area contributed by atoms with Crippen LogP contribution in [0.2, 0.25) is 0 Å². The molecular formula is C20H16N4S3. The first-order chi connectivity index (χ1) is 13.2. The van der Waals surface area contributed by atoms with Crippen molar-refractivity contribution in [3.63, 3.8) is 0 Å². The van der Waals surface area contributed by atoms with Gasteiger partial charge in [0.25, 0.3) is 0 Å². The van der Waals surface area contributed by atoms with Crippen LogP contribution < -0.4 is 19.6 Å². The third kappa shape index (κ3) is 2.88. The molecule has 0 saturated heterocycles.